The lowest BCUT2D eigenvalue weighted by atomic mass is 10.0. The molecule has 0 radical (unpaired) electrons. The summed E-state index contributed by atoms with van der Waals surface area (Å²) >= 11 is 0. The number of amides is 1. The van der Waals surface area contributed by atoms with Crippen molar-refractivity contribution < 1.29 is 9.90 Å². The number of hydrogen-bond acceptors (Lipinski definition) is 2. The van der Waals surface area contributed by atoms with Crippen LogP contribution in [0.2, 0.25) is 0 Å². The maximum Gasteiger partial charge on any atom is 0.222 e. The standard InChI is InChI=1S/C19H23NO2/c21-18-10-12-20(13-11-18)19(22)7-3-4-15-8-9-16-5-1-2-6-17(16)14-15/h1-2,5-6,8-9,14,18,21H,3-4,7,10-13H2. The largest absolute Gasteiger partial charge is 0.393 e. The molecule has 116 valence electrons. The third kappa shape index (κ3) is 3.66. The Morgan fingerprint density at radius 3 is 2.59 bits per heavy atom. The second kappa shape index (κ2) is 6.93. The molecule has 1 fully saturated rings. The van der Waals surface area contributed by atoms with Crippen LogP contribution in [0.1, 0.15) is 31.2 Å². The Kier molecular flexibility index (Phi) is 4.74. The highest BCUT2D eigenvalue weighted by Gasteiger charge is 2.20. The second-order valence-corrected chi connectivity index (χ2v) is 6.15. The number of hydrogen-bond donors (Lipinski definition) is 1. The van der Waals surface area contributed by atoms with E-state index in [1.165, 1.54) is 16.3 Å². The van der Waals surface area contributed by atoms with Crippen LogP contribution in [0, 0.1) is 0 Å². The van der Waals surface area contributed by atoms with Gasteiger partial charge in [0, 0.05) is 19.5 Å². The lowest BCUT2D eigenvalue weighted by molar-refractivity contribution is -0.133. The van der Waals surface area contributed by atoms with Crippen LogP contribution in [0.25, 0.3) is 10.8 Å². The number of aliphatic hydroxyl groups excluding tert-OH is 1. The average molecular weight is 297 g/mol. The van der Waals surface area contributed by atoms with Crippen LogP contribution in [0.3, 0.4) is 0 Å². The Labute approximate surface area is 131 Å². The monoisotopic (exact) mass is 297 g/mol. The molecule has 0 aliphatic carbocycles. The Bertz CT molecular complexity index is 645. The highest BCUT2D eigenvalue weighted by atomic mass is 16.3. The van der Waals surface area contributed by atoms with E-state index in [1.54, 1.807) is 0 Å². The Morgan fingerprint density at radius 1 is 1.09 bits per heavy atom. The van der Waals surface area contributed by atoms with Gasteiger partial charge in [0.25, 0.3) is 0 Å². The molecule has 0 saturated carbocycles. The molecule has 2 aromatic rings. The zero-order valence-electron chi connectivity index (χ0n) is 12.9. The normalized spacial score (nSPS) is 16.1. The highest BCUT2D eigenvalue weighted by molar-refractivity contribution is 5.83. The molecular formula is C19H23NO2. The van der Waals surface area contributed by atoms with E-state index in [2.05, 4.69) is 42.5 Å². The van der Waals surface area contributed by atoms with Crippen molar-refractivity contribution in [1.29, 1.82) is 0 Å². The van der Waals surface area contributed by atoms with Gasteiger partial charge in [-0.25, -0.2) is 0 Å². The van der Waals surface area contributed by atoms with Gasteiger partial charge in [-0.2, -0.15) is 0 Å². The Morgan fingerprint density at radius 2 is 1.82 bits per heavy atom. The minimum Gasteiger partial charge on any atom is -0.393 e. The van der Waals surface area contributed by atoms with Gasteiger partial charge in [-0.05, 0) is 42.0 Å². The van der Waals surface area contributed by atoms with Gasteiger partial charge in [0.05, 0.1) is 6.10 Å². The first-order valence-electron chi connectivity index (χ1n) is 8.16. The van der Waals surface area contributed by atoms with Crippen molar-refractivity contribution >= 4 is 16.7 Å². The number of nitrogens with zero attached hydrogens (tertiary/aromatic N) is 1. The summed E-state index contributed by atoms with van der Waals surface area (Å²) in [4.78, 5) is 14.0. The molecule has 1 amide bonds. The number of aryl methyl sites for hydroxylation is 1. The van der Waals surface area contributed by atoms with E-state index in [-0.39, 0.29) is 12.0 Å². The highest BCUT2D eigenvalue weighted by Crippen LogP contribution is 2.18. The summed E-state index contributed by atoms with van der Waals surface area (Å²) in [7, 11) is 0. The van der Waals surface area contributed by atoms with E-state index >= 15 is 0 Å². The predicted octanol–water partition coefficient (Wildman–Crippen LogP) is 3.15. The molecule has 0 spiro atoms. The van der Waals surface area contributed by atoms with E-state index in [4.69, 9.17) is 0 Å². The molecule has 1 N–H and O–H groups in total. The number of carbonyl (C=O) groups excluding carboxylic acids is 1. The first kappa shape index (κ1) is 15.0. The Balaban J connectivity index is 1.50. The zero-order valence-corrected chi connectivity index (χ0v) is 12.9. The summed E-state index contributed by atoms with van der Waals surface area (Å²) in [6, 6.07) is 14.9. The van der Waals surface area contributed by atoms with Crippen LogP contribution < -0.4 is 0 Å². The minimum atomic E-state index is -0.221. The van der Waals surface area contributed by atoms with Crippen molar-refractivity contribution in [2.45, 2.75) is 38.2 Å². The molecule has 0 aromatic heterocycles. The van der Waals surface area contributed by atoms with Crippen LogP contribution in [0.15, 0.2) is 42.5 Å². The number of fused-ring (bicyclic) bond motifs is 1. The summed E-state index contributed by atoms with van der Waals surface area (Å²) in [6.45, 7) is 1.41. The summed E-state index contributed by atoms with van der Waals surface area (Å²) in [6.07, 6.45) is 3.64. The molecule has 22 heavy (non-hydrogen) atoms. The quantitative estimate of drug-likeness (QED) is 0.942. The predicted molar refractivity (Wildman–Crippen MR) is 88.7 cm³/mol. The fraction of sp³-hybridized carbons (Fsp3) is 0.421. The summed E-state index contributed by atoms with van der Waals surface area (Å²) in [5, 5.41) is 12.0. The molecule has 1 aliphatic rings. The fourth-order valence-electron chi connectivity index (χ4n) is 3.11. The molecule has 0 atom stereocenters. The molecule has 1 aliphatic heterocycles. The third-order valence-electron chi connectivity index (χ3n) is 4.49. The van der Waals surface area contributed by atoms with Crippen molar-refractivity contribution in [3.63, 3.8) is 0 Å². The van der Waals surface area contributed by atoms with E-state index in [0.29, 0.717) is 19.5 Å². The average Bonchev–Trinajstić information content (AvgIpc) is 2.55. The van der Waals surface area contributed by atoms with Gasteiger partial charge in [0.2, 0.25) is 5.91 Å². The molecule has 1 saturated heterocycles. The number of piperidine rings is 1. The van der Waals surface area contributed by atoms with Gasteiger partial charge in [0.1, 0.15) is 0 Å². The SMILES string of the molecule is O=C(CCCc1ccc2ccccc2c1)N1CCC(O)CC1. The zero-order chi connectivity index (χ0) is 15.4. The summed E-state index contributed by atoms with van der Waals surface area (Å²) in [5.74, 6) is 0.229. The number of benzene rings is 2. The van der Waals surface area contributed by atoms with Crippen molar-refractivity contribution in [2.75, 3.05) is 13.1 Å². The van der Waals surface area contributed by atoms with Gasteiger partial charge in [-0.15, -0.1) is 0 Å². The molecule has 2 aromatic carbocycles. The van der Waals surface area contributed by atoms with Crippen LogP contribution >= 0.6 is 0 Å². The van der Waals surface area contributed by atoms with Gasteiger partial charge in [-0.3, -0.25) is 4.79 Å². The van der Waals surface area contributed by atoms with Crippen LogP contribution in [0.4, 0.5) is 0 Å². The Hall–Kier alpha value is -1.87. The van der Waals surface area contributed by atoms with Gasteiger partial charge in [-0.1, -0.05) is 42.5 Å². The number of aliphatic hydroxyl groups is 1. The van der Waals surface area contributed by atoms with Crippen molar-refractivity contribution in [2.24, 2.45) is 0 Å². The van der Waals surface area contributed by atoms with E-state index in [1.807, 2.05) is 4.90 Å². The van der Waals surface area contributed by atoms with Crippen molar-refractivity contribution in [3.8, 4) is 0 Å². The smallest absolute Gasteiger partial charge is 0.222 e. The van der Waals surface area contributed by atoms with E-state index < -0.39 is 0 Å². The van der Waals surface area contributed by atoms with Gasteiger partial charge < -0.3 is 10.0 Å². The topological polar surface area (TPSA) is 40.5 Å². The molecule has 3 heteroatoms. The maximum absolute atomic E-state index is 12.2. The van der Waals surface area contributed by atoms with Crippen molar-refractivity contribution in [3.05, 3.63) is 48.0 Å². The molecule has 3 nitrogen and oxygen atoms in total. The maximum atomic E-state index is 12.2. The number of carbonyl (C=O) groups is 1. The molecule has 0 unspecified atom stereocenters. The van der Waals surface area contributed by atoms with E-state index in [9.17, 15) is 9.90 Å². The summed E-state index contributed by atoms with van der Waals surface area (Å²) < 4.78 is 0. The molecular weight excluding hydrogens is 274 g/mol. The molecule has 0 bridgehead atoms. The van der Waals surface area contributed by atoms with Gasteiger partial charge >= 0.3 is 0 Å². The van der Waals surface area contributed by atoms with Crippen LogP contribution in [-0.4, -0.2) is 35.1 Å². The molecule has 3 rings (SSSR count). The molecule has 1 heterocycles. The lowest BCUT2D eigenvalue weighted by Gasteiger charge is -2.29. The first-order chi connectivity index (χ1) is 10.7. The number of likely N-dealkylation sites (tertiary alicyclic amines) is 1. The third-order valence-corrected chi connectivity index (χ3v) is 4.49. The van der Waals surface area contributed by atoms with Crippen LogP contribution in [0.5, 0.6) is 0 Å². The fourth-order valence-corrected chi connectivity index (χ4v) is 3.11. The van der Waals surface area contributed by atoms with E-state index in [0.717, 1.165) is 25.7 Å². The first-order valence-corrected chi connectivity index (χ1v) is 8.16. The minimum absolute atomic E-state index is 0.221. The van der Waals surface area contributed by atoms with Gasteiger partial charge in [0.15, 0.2) is 0 Å². The van der Waals surface area contributed by atoms with Crippen molar-refractivity contribution in [1.82, 2.24) is 4.90 Å². The second-order valence-electron chi connectivity index (χ2n) is 6.15. The lowest BCUT2D eigenvalue weighted by Crippen LogP contribution is -2.39. The number of rotatable bonds is 4. The van der Waals surface area contributed by atoms with Crippen LogP contribution in [-0.2, 0) is 11.2 Å². The summed E-state index contributed by atoms with van der Waals surface area (Å²) in [5.41, 5.74) is 1.29.